The summed E-state index contributed by atoms with van der Waals surface area (Å²) >= 11 is 5.90. The Balaban J connectivity index is 2.16. The van der Waals surface area contributed by atoms with Gasteiger partial charge >= 0.3 is 0 Å². The van der Waals surface area contributed by atoms with Crippen molar-refractivity contribution in [1.82, 2.24) is 5.32 Å². The summed E-state index contributed by atoms with van der Waals surface area (Å²) < 4.78 is 27.1. The maximum atomic E-state index is 13.5. The summed E-state index contributed by atoms with van der Waals surface area (Å²) in [6.45, 7) is 0. The average molecular weight is 440 g/mol. The Bertz CT molecular complexity index is 1190. The molecule has 3 rings (SSSR count). The van der Waals surface area contributed by atoms with Crippen LogP contribution in [0.15, 0.2) is 83.8 Å². The Kier molecular flexibility index (Phi) is 6.53. The van der Waals surface area contributed by atoms with Crippen molar-refractivity contribution in [2.24, 2.45) is 5.73 Å². The van der Waals surface area contributed by atoms with Crippen molar-refractivity contribution in [2.45, 2.75) is 16.3 Å². The maximum Gasteiger partial charge on any atom is 0.239 e. The van der Waals surface area contributed by atoms with Crippen molar-refractivity contribution in [3.63, 3.8) is 0 Å². The van der Waals surface area contributed by atoms with Crippen molar-refractivity contribution in [3.05, 3.63) is 101 Å². The molecule has 0 aliphatic heterocycles. The normalized spacial score (nSPS) is 13.2. The highest BCUT2D eigenvalue weighted by Crippen LogP contribution is 2.32. The van der Waals surface area contributed by atoms with Gasteiger partial charge in [-0.05, 0) is 35.9 Å². The highest BCUT2D eigenvalue weighted by Gasteiger charge is 2.34. The number of hydrogen-bond donors (Lipinski definition) is 2. The van der Waals surface area contributed by atoms with Crippen molar-refractivity contribution in [2.75, 3.05) is 0 Å². The topological polar surface area (TPSA) is 113 Å². The summed E-state index contributed by atoms with van der Waals surface area (Å²) in [5.74, 6) is -0.744. The number of benzene rings is 3. The van der Waals surface area contributed by atoms with Crippen molar-refractivity contribution in [1.29, 1.82) is 5.26 Å². The number of nitrogens with two attached hydrogens (primary N) is 1. The third kappa shape index (κ3) is 4.52. The molecule has 0 bridgehead atoms. The van der Waals surface area contributed by atoms with Crippen LogP contribution in [0.1, 0.15) is 28.1 Å². The van der Waals surface area contributed by atoms with Gasteiger partial charge in [-0.25, -0.2) is 8.42 Å². The number of halogens is 1. The fraction of sp³-hybridized carbons (Fsp3) is 0.0909. The number of hydrogen-bond acceptors (Lipinski definition) is 5. The lowest BCUT2D eigenvalue weighted by molar-refractivity contribution is -0.120. The molecule has 2 atom stereocenters. The largest absolute Gasteiger partial charge is 0.368 e. The molecular weight excluding hydrogens is 422 g/mol. The van der Waals surface area contributed by atoms with Crippen molar-refractivity contribution < 1.29 is 13.2 Å². The summed E-state index contributed by atoms with van der Waals surface area (Å²) in [6, 6.07) is 21.5. The van der Waals surface area contributed by atoms with Gasteiger partial charge in [-0.3, -0.25) is 10.1 Å². The lowest BCUT2D eigenvalue weighted by atomic mass is 10.0. The molecule has 0 radical (unpaired) electrons. The average Bonchev–Trinajstić information content (AvgIpc) is 2.75. The predicted octanol–water partition coefficient (Wildman–Crippen LogP) is 3.50. The second-order valence-corrected chi connectivity index (χ2v) is 8.96. The Hall–Kier alpha value is -3.18. The molecular formula is C22H18ClN3O3S. The van der Waals surface area contributed by atoms with Crippen LogP contribution in [0.3, 0.4) is 0 Å². The molecule has 0 heterocycles. The molecule has 0 aromatic heterocycles. The first kappa shape index (κ1) is 21.5. The van der Waals surface area contributed by atoms with E-state index in [0.29, 0.717) is 10.6 Å². The molecule has 3 N–H and O–H groups in total. The summed E-state index contributed by atoms with van der Waals surface area (Å²) in [7, 11) is -4.07. The van der Waals surface area contributed by atoms with E-state index in [4.69, 9.17) is 17.3 Å². The van der Waals surface area contributed by atoms with Gasteiger partial charge in [0.1, 0.15) is 11.4 Å². The van der Waals surface area contributed by atoms with Gasteiger partial charge in [0.05, 0.1) is 16.5 Å². The zero-order valence-corrected chi connectivity index (χ0v) is 17.3. The molecule has 0 aliphatic carbocycles. The molecule has 0 spiro atoms. The summed E-state index contributed by atoms with van der Waals surface area (Å²) in [5.41, 5.74) is 6.49. The molecule has 0 saturated carbocycles. The first-order valence-electron chi connectivity index (χ1n) is 8.93. The SMILES string of the molecule is N#Cc1ccccc1[C@H](NC(C(N)=O)c1ccccc1)S(=O)(=O)c1ccc(Cl)cc1. The molecule has 1 amide bonds. The van der Waals surface area contributed by atoms with E-state index in [1.54, 1.807) is 42.5 Å². The fourth-order valence-corrected chi connectivity index (χ4v) is 4.84. The van der Waals surface area contributed by atoms with Gasteiger partial charge in [0, 0.05) is 10.6 Å². The number of nitriles is 1. The number of nitrogens with one attached hydrogen (secondary N) is 1. The van der Waals surface area contributed by atoms with E-state index in [-0.39, 0.29) is 16.0 Å². The highest BCUT2D eigenvalue weighted by atomic mass is 35.5. The van der Waals surface area contributed by atoms with Gasteiger partial charge in [0.25, 0.3) is 0 Å². The van der Waals surface area contributed by atoms with Crippen LogP contribution in [0.2, 0.25) is 5.02 Å². The Morgan fingerprint density at radius 3 is 2.17 bits per heavy atom. The molecule has 0 aliphatic rings. The lowest BCUT2D eigenvalue weighted by Gasteiger charge is -2.25. The zero-order chi connectivity index (χ0) is 21.7. The standard InChI is InChI=1S/C22H18ClN3O3S/c23-17-10-12-18(13-11-17)30(28,29)22(19-9-5-4-8-16(19)14-24)26-20(21(25)27)15-6-2-1-3-7-15/h1-13,20,22,26H,(H2,25,27)/t20?,22-/m1/s1. The molecule has 0 saturated heterocycles. The molecule has 0 fully saturated rings. The van der Waals surface area contributed by atoms with Gasteiger partial charge in [0.2, 0.25) is 5.91 Å². The second-order valence-electron chi connectivity index (χ2n) is 6.49. The quantitative estimate of drug-likeness (QED) is 0.584. The van der Waals surface area contributed by atoms with Crippen LogP contribution in [-0.4, -0.2) is 14.3 Å². The summed E-state index contributed by atoms with van der Waals surface area (Å²) in [6.07, 6.45) is 0. The molecule has 30 heavy (non-hydrogen) atoms. The number of nitrogens with zero attached hydrogens (tertiary/aromatic N) is 1. The van der Waals surface area contributed by atoms with Crippen LogP contribution in [0, 0.1) is 11.3 Å². The summed E-state index contributed by atoms with van der Waals surface area (Å²) in [5, 5.41) is 11.4. The van der Waals surface area contributed by atoms with E-state index >= 15 is 0 Å². The number of carbonyl (C=O) groups excluding carboxylic acids is 1. The van der Waals surface area contributed by atoms with Crippen LogP contribution >= 0.6 is 11.6 Å². The van der Waals surface area contributed by atoms with Crippen LogP contribution in [0.4, 0.5) is 0 Å². The Labute approximate surface area is 179 Å². The Morgan fingerprint density at radius 2 is 1.57 bits per heavy atom. The van der Waals surface area contributed by atoms with E-state index in [2.05, 4.69) is 5.32 Å². The van der Waals surface area contributed by atoms with Crippen molar-refractivity contribution in [3.8, 4) is 6.07 Å². The minimum Gasteiger partial charge on any atom is -0.368 e. The number of rotatable bonds is 7. The number of carbonyl (C=O) groups is 1. The van der Waals surface area contributed by atoms with Crippen molar-refractivity contribution >= 4 is 27.3 Å². The second kappa shape index (κ2) is 9.09. The third-order valence-corrected chi connectivity index (χ3v) is 6.74. The fourth-order valence-electron chi connectivity index (χ4n) is 3.07. The monoisotopic (exact) mass is 439 g/mol. The smallest absolute Gasteiger partial charge is 0.239 e. The number of amides is 1. The van der Waals surface area contributed by atoms with Crippen LogP contribution in [0.25, 0.3) is 0 Å². The van der Waals surface area contributed by atoms with Crippen LogP contribution < -0.4 is 11.1 Å². The van der Waals surface area contributed by atoms with E-state index in [1.165, 1.54) is 36.4 Å². The zero-order valence-electron chi connectivity index (χ0n) is 15.7. The molecule has 8 heteroatoms. The van der Waals surface area contributed by atoms with E-state index in [0.717, 1.165) is 0 Å². The molecule has 6 nitrogen and oxygen atoms in total. The minimum atomic E-state index is -4.07. The highest BCUT2D eigenvalue weighted by molar-refractivity contribution is 7.91. The van der Waals surface area contributed by atoms with E-state index in [9.17, 15) is 18.5 Å². The first-order chi connectivity index (χ1) is 14.3. The lowest BCUT2D eigenvalue weighted by Crippen LogP contribution is -2.39. The van der Waals surface area contributed by atoms with Gasteiger partial charge in [0.15, 0.2) is 9.84 Å². The van der Waals surface area contributed by atoms with Crippen LogP contribution in [-0.2, 0) is 14.6 Å². The molecule has 3 aromatic carbocycles. The number of primary amides is 1. The summed E-state index contributed by atoms with van der Waals surface area (Å²) in [4.78, 5) is 12.2. The van der Waals surface area contributed by atoms with E-state index < -0.39 is 27.2 Å². The van der Waals surface area contributed by atoms with Gasteiger partial charge in [-0.1, -0.05) is 60.1 Å². The first-order valence-corrected chi connectivity index (χ1v) is 10.9. The van der Waals surface area contributed by atoms with Gasteiger partial charge in [-0.15, -0.1) is 0 Å². The molecule has 152 valence electrons. The predicted molar refractivity (Wildman–Crippen MR) is 114 cm³/mol. The van der Waals surface area contributed by atoms with Crippen LogP contribution in [0.5, 0.6) is 0 Å². The minimum absolute atomic E-state index is 0.00609. The van der Waals surface area contributed by atoms with Gasteiger partial charge < -0.3 is 5.73 Å². The van der Waals surface area contributed by atoms with Gasteiger partial charge in [-0.2, -0.15) is 5.26 Å². The molecule has 3 aromatic rings. The number of sulfone groups is 1. The Morgan fingerprint density at radius 1 is 0.967 bits per heavy atom. The van der Waals surface area contributed by atoms with E-state index in [1.807, 2.05) is 6.07 Å². The maximum absolute atomic E-state index is 13.5. The third-order valence-electron chi connectivity index (χ3n) is 4.55. The molecule has 1 unspecified atom stereocenters.